The van der Waals surface area contributed by atoms with Crippen molar-refractivity contribution in [3.63, 3.8) is 0 Å². The van der Waals surface area contributed by atoms with E-state index in [4.69, 9.17) is 0 Å². The molecule has 0 heterocycles. The quantitative estimate of drug-likeness (QED) is 0.639. The average molecular weight is 194 g/mol. The lowest BCUT2D eigenvalue weighted by Crippen LogP contribution is -2.32. The van der Waals surface area contributed by atoms with Gasteiger partial charge in [-0.3, -0.25) is 4.79 Å². The van der Waals surface area contributed by atoms with Gasteiger partial charge in [0.25, 0.3) is 0 Å². The Morgan fingerprint density at radius 3 is 2.93 bits per heavy atom. The van der Waals surface area contributed by atoms with Gasteiger partial charge in [0.15, 0.2) is 5.78 Å². The van der Waals surface area contributed by atoms with Gasteiger partial charge in [0.05, 0.1) is 6.10 Å². The Labute approximate surface area is 85.0 Å². The summed E-state index contributed by atoms with van der Waals surface area (Å²) in [6, 6.07) is 0. The van der Waals surface area contributed by atoms with E-state index >= 15 is 0 Å². The Morgan fingerprint density at radius 1 is 1.50 bits per heavy atom. The summed E-state index contributed by atoms with van der Waals surface area (Å²) in [6.45, 7) is 4.22. The monoisotopic (exact) mass is 194 g/mol. The van der Waals surface area contributed by atoms with Crippen LogP contribution in [0.5, 0.6) is 0 Å². The molecule has 0 aromatic rings. The second kappa shape index (κ2) is 3.20. The van der Waals surface area contributed by atoms with E-state index in [-0.39, 0.29) is 17.3 Å². The lowest BCUT2D eigenvalue weighted by atomic mass is 9.73. The van der Waals surface area contributed by atoms with Crippen molar-refractivity contribution >= 4 is 5.78 Å². The van der Waals surface area contributed by atoms with Gasteiger partial charge in [-0.2, -0.15) is 0 Å². The van der Waals surface area contributed by atoms with Gasteiger partial charge in [-0.1, -0.05) is 19.9 Å². The smallest absolute Gasteiger partial charge is 0.155 e. The molecule has 2 heteroatoms. The van der Waals surface area contributed by atoms with E-state index in [1.807, 2.05) is 6.08 Å². The summed E-state index contributed by atoms with van der Waals surface area (Å²) in [6.07, 6.45) is 5.92. The van der Waals surface area contributed by atoms with E-state index in [2.05, 4.69) is 13.8 Å². The Morgan fingerprint density at radius 2 is 2.21 bits per heavy atom. The first kappa shape index (κ1) is 9.91. The molecule has 1 saturated carbocycles. The Balaban J connectivity index is 2.35. The Bertz CT molecular complexity index is 282. The topological polar surface area (TPSA) is 37.3 Å². The lowest BCUT2D eigenvalue weighted by molar-refractivity contribution is -0.115. The fourth-order valence-electron chi connectivity index (χ4n) is 3.14. The number of carbonyl (C=O) groups excluding carboxylic acids is 1. The maximum absolute atomic E-state index is 11.4. The van der Waals surface area contributed by atoms with Crippen LogP contribution < -0.4 is 0 Å². The molecule has 0 unspecified atom stereocenters. The lowest BCUT2D eigenvalue weighted by Gasteiger charge is -2.33. The molecule has 4 atom stereocenters. The second-order valence-electron chi connectivity index (χ2n) is 5.05. The highest BCUT2D eigenvalue weighted by Crippen LogP contribution is 2.50. The molecule has 1 N–H and O–H groups in total. The summed E-state index contributed by atoms with van der Waals surface area (Å²) in [5, 5.41) is 9.95. The van der Waals surface area contributed by atoms with Gasteiger partial charge in [-0.25, -0.2) is 0 Å². The van der Waals surface area contributed by atoms with Crippen LogP contribution in [0.15, 0.2) is 12.2 Å². The number of hydrogen-bond donors (Lipinski definition) is 1. The van der Waals surface area contributed by atoms with Crippen LogP contribution >= 0.6 is 0 Å². The highest BCUT2D eigenvalue weighted by Gasteiger charge is 2.47. The van der Waals surface area contributed by atoms with Crippen LogP contribution in [-0.4, -0.2) is 17.0 Å². The number of aliphatic hydroxyl groups excluding tert-OH is 1. The number of carbonyl (C=O) groups is 1. The van der Waals surface area contributed by atoms with Crippen LogP contribution in [0, 0.1) is 17.3 Å². The molecule has 2 aliphatic carbocycles. The zero-order valence-electron chi connectivity index (χ0n) is 8.86. The van der Waals surface area contributed by atoms with E-state index in [1.165, 1.54) is 0 Å². The summed E-state index contributed by atoms with van der Waals surface area (Å²) < 4.78 is 0. The van der Waals surface area contributed by atoms with Gasteiger partial charge in [0.2, 0.25) is 0 Å². The zero-order valence-corrected chi connectivity index (χ0v) is 8.86. The van der Waals surface area contributed by atoms with Crippen LogP contribution in [0.4, 0.5) is 0 Å². The minimum atomic E-state index is -0.267. The molecule has 2 rings (SSSR count). The van der Waals surface area contributed by atoms with Gasteiger partial charge >= 0.3 is 0 Å². The average Bonchev–Trinajstić information content (AvgIpc) is 2.35. The molecule has 2 nitrogen and oxygen atoms in total. The molecule has 0 saturated heterocycles. The van der Waals surface area contributed by atoms with Gasteiger partial charge in [0, 0.05) is 11.8 Å². The van der Waals surface area contributed by atoms with Crippen LogP contribution in [0.2, 0.25) is 0 Å². The highest BCUT2D eigenvalue weighted by atomic mass is 16.3. The number of allylic oxidation sites excluding steroid dienone is 1. The standard InChI is InChI=1S/C12H18O2/c1-8-7-9(13)5-6-12(2)10(8)3-4-11(12)14/h5-6,8,10-11,14H,3-4,7H2,1-2H3/t8-,10-,11-,12-/m0/s1. The van der Waals surface area contributed by atoms with Crippen LogP contribution in [0.1, 0.15) is 33.1 Å². The van der Waals surface area contributed by atoms with Crippen molar-refractivity contribution in [1.82, 2.24) is 0 Å². The normalized spacial score (nSPS) is 47.6. The minimum Gasteiger partial charge on any atom is -0.392 e. The maximum Gasteiger partial charge on any atom is 0.155 e. The first-order chi connectivity index (χ1) is 6.54. The molecule has 0 bridgehead atoms. The van der Waals surface area contributed by atoms with Crippen molar-refractivity contribution in [3.8, 4) is 0 Å². The largest absolute Gasteiger partial charge is 0.392 e. The second-order valence-corrected chi connectivity index (χ2v) is 5.05. The van der Waals surface area contributed by atoms with Crippen LogP contribution in [0.3, 0.4) is 0 Å². The van der Waals surface area contributed by atoms with Crippen molar-refractivity contribution in [1.29, 1.82) is 0 Å². The molecule has 2 aliphatic rings. The zero-order chi connectivity index (χ0) is 10.3. The van der Waals surface area contributed by atoms with E-state index in [0.29, 0.717) is 18.3 Å². The summed E-state index contributed by atoms with van der Waals surface area (Å²) in [5.41, 5.74) is -0.161. The molecule has 0 aromatic heterocycles. The third-order valence-corrected chi connectivity index (χ3v) is 4.11. The molecular formula is C12H18O2. The van der Waals surface area contributed by atoms with Gasteiger partial charge in [0.1, 0.15) is 0 Å². The Hall–Kier alpha value is -0.630. The summed E-state index contributed by atoms with van der Waals surface area (Å²) >= 11 is 0. The summed E-state index contributed by atoms with van der Waals surface area (Å²) in [5.74, 6) is 1.08. The van der Waals surface area contributed by atoms with Crippen molar-refractivity contribution in [2.24, 2.45) is 17.3 Å². The number of rotatable bonds is 0. The predicted molar refractivity (Wildman–Crippen MR) is 54.8 cm³/mol. The van der Waals surface area contributed by atoms with Crippen molar-refractivity contribution in [3.05, 3.63) is 12.2 Å². The fourth-order valence-corrected chi connectivity index (χ4v) is 3.14. The first-order valence-electron chi connectivity index (χ1n) is 5.44. The molecule has 0 aliphatic heterocycles. The van der Waals surface area contributed by atoms with Crippen LogP contribution in [0.25, 0.3) is 0 Å². The van der Waals surface area contributed by atoms with Gasteiger partial charge in [-0.15, -0.1) is 0 Å². The van der Waals surface area contributed by atoms with E-state index in [9.17, 15) is 9.90 Å². The van der Waals surface area contributed by atoms with E-state index < -0.39 is 0 Å². The first-order valence-corrected chi connectivity index (χ1v) is 5.44. The Kier molecular flexibility index (Phi) is 2.26. The van der Waals surface area contributed by atoms with Crippen LogP contribution in [-0.2, 0) is 4.79 Å². The highest BCUT2D eigenvalue weighted by molar-refractivity contribution is 5.90. The summed E-state index contributed by atoms with van der Waals surface area (Å²) in [4.78, 5) is 11.4. The fraction of sp³-hybridized carbons (Fsp3) is 0.750. The third-order valence-electron chi connectivity index (χ3n) is 4.11. The van der Waals surface area contributed by atoms with Crippen molar-refractivity contribution in [2.45, 2.75) is 39.2 Å². The number of aliphatic hydroxyl groups is 1. The third kappa shape index (κ3) is 1.33. The number of hydrogen-bond acceptors (Lipinski definition) is 2. The van der Waals surface area contributed by atoms with Crippen molar-refractivity contribution < 1.29 is 9.90 Å². The van der Waals surface area contributed by atoms with Crippen molar-refractivity contribution in [2.75, 3.05) is 0 Å². The van der Waals surface area contributed by atoms with Gasteiger partial charge < -0.3 is 5.11 Å². The molecule has 14 heavy (non-hydrogen) atoms. The molecule has 1 fully saturated rings. The maximum atomic E-state index is 11.4. The van der Waals surface area contributed by atoms with E-state index in [0.717, 1.165) is 12.8 Å². The number of fused-ring (bicyclic) bond motifs is 1. The molecule has 0 spiro atoms. The molecule has 0 radical (unpaired) electrons. The molecule has 0 aromatic carbocycles. The SMILES string of the molecule is C[C@H]1CC(=O)C=C[C@]2(C)[C@@H](O)CC[C@@H]12. The molecule has 78 valence electrons. The molecular weight excluding hydrogens is 176 g/mol. The predicted octanol–water partition coefficient (Wildman–Crippen LogP) is 1.93. The molecule has 0 amide bonds. The summed E-state index contributed by atoms with van der Waals surface area (Å²) in [7, 11) is 0. The number of ketones is 1. The van der Waals surface area contributed by atoms with Gasteiger partial charge in [-0.05, 0) is 30.8 Å². The minimum absolute atomic E-state index is 0.161. The van der Waals surface area contributed by atoms with E-state index in [1.54, 1.807) is 6.08 Å².